The molecule has 7 nitrogen and oxygen atoms in total. The highest BCUT2D eigenvalue weighted by molar-refractivity contribution is 6.03. The number of nitrogens with zero attached hydrogens (tertiary/aromatic N) is 4. The number of hydrogen-bond donors (Lipinski definition) is 1. The van der Waals surface area contributed by atoms with Crippen LogP contribution in [-0.4, -0.2) is 25.0 Å². The van der Waals surface area contributed by atoms with Crippen molar-refractivity contribution in [3.05, 3.63) is 99.7 Å². The lowest BCUT2D eigenvalue weighted by Gasteiger charge is -2.12. The Labute approximate surface area is 198 Å². The third-order valence-electron chi connectivity index (χ3n) is 5.52. The summed E-state index contributed by atoms with van der Waals surface area (Å²) in [6.45, 7) is 5.92. The van der Waals surface area contributed by atoms with Crippen LogP contribution in [0.25, 0.3) is 11.5 Å². The number of amides is 1. The van der Waals surface area contributed by atoms with Crippen LogP contribution in [0.2, 0.25) is 0 Å². The van der Waals surface area contributed by atoms with Crippen LogP contribution in [0.5, 0.6) is 0 Å². The summed E-state index contributed by atoms with van der Waals surface area (Å²) in [5.41, 5.74) is 2.38. The molecule has 34 heavy (non-hydrogen) atoms. The Balaban J connectivity index is 1.65. The third-order valence-corrected chi connectivity index (χ3v) is 5.52. The average Bonchev–Trinajstić information content (AvgIpc) is 3.33. The van der Waals surface area contributed by atoms with Crippen LogP contribution in [0.1, 0.15) is 47.1 Å². The maximum atomic E-state index is 13.1. The van der Waals surface area contributed by atoms with Gasteiger partial charge in [0.15, 0.2) is 5.82 Å². The molecule has 0 saturated heterocycles. The maximum Gasteiger partial charge on any atom is 0.263 e. The Bertz CT molecular complexity index is 1470. The van der Waals surface area contributed by atoms with Gasteiger partial charge >= 0.3 is 0 Å². The highest BCUT2D eigenvalue weighted by atomic mass is 16.2. The lowest BCUT2D eigenvalue weighted by Crippen LogP contribution is -2.29. The summed E-state index contributed by atoms with van der Waals surface area (Å²) in [7, 11) is 1.63. The molecule has 0 bridgehead atoms. The van der Waals surface area contributed by atoms with Gasteiger partial charge < -0.3 is 14.5 Å². The van der Waals surface area contributed by atoms with Crippen LogP contribution in [0, 0.1) is 18.8 Å². The molecule has 0 radical (unpaired) electrons. The Hall–Kier alpha value is -4.44. The first-order valence-electron chi connectivity index (χ1n) is 10.9. The number of imidazole rings is 1. The average molecular weight is 452 g/mol. The lowest BCUT2D eigenvalue weighted by molar-refractivity contribution is 0.102. The van der Waals surface area contributed by atoms with E-state index in [0.29, 0.717) is 28.6 Å². The minimum absolute atomic E-state index is 0.00125. The van der Waals surface area contributed by atoms with Crippen molar-refractivity contribution in [2.45, 2.75) is 26.8 Å². The van der Waals surface area contributed by atoms with E-state index in [9.17, 15) is 9.59 Å². The van der Waals surface area contributed by atoms with E-state index in [1.54, 1.807) is 32.3 Å². The zero-order valence-electron chi connectivity index (χ0n) is 19.5. The fourth-order valence-electron chi connectivity index (χ4n) is 3.52. The number of rotatable bonds is 4. The topological polar surface area (TPSA) is 81.8 Å². The van der Waals surface area contributed by atoms with E-state index in [4.69, 9.17) is 0 Å². The Morgan fingerprint density at radius 2 is 1.82 bits per heavy atom. The summed E-state index contributed by atoms with van der Waals surface area (Å²) < 4.78 is 3.44. The molecule has 4 rings (SSSR count). The first-order valence-corrected chi connectivity index (χ1v) is 10.9. The maximum absolute atomic E-state index is 13.1. The molecule has 0 aliphatic heterocycles. The molecule has 3 aromatic heterocycles. The van der Waals surface area contributed by atoms with Crippen molar-refractivity contribution < 1.29 is 4.79 Å². The molecule has 0 aliphatic carbocycles. The number of aromatic nitrogens is 4. The van der Waals surface area contributed by atoms with Crippen LogP contribution in [-0.2, 0) is 7.05 Å². The molecule has 0 fully saturated rings. The van der Waals surface area contributed by atoms with Gasteiger partial charge in [-0.25, -0.2) is 9.97 Å². The highest BCUT2D eigenvalue weighted by Gasteiger charge is 2.17. The summed E-state index contributed by atoms with van der Waals surface area (Å²) in [5, 5.41) is 2.75. The molecule has 0 atom stereocenters. The SMILES string of the molecule is Cc1c(C#Cc2ccccc2)cc(C(=O)Nc2cccc(-c3nccn3C(C)C)n2)c(=O)n1C. The van der Waals surface area contributed by atoms with Crippen molar-refractivity contribution >= 4 is 11.7 Å². The quantitative estimate of drug-likeness (QED) is 0.472. The fraction of sp³-hybridized carbons (Fsp3) is 0.185. The molecule has 0 spiro atoms. The van der Waals surface area contributed by atoms with Gasteiger partial charge in [0, 0.05) is 42.3 Å². The minimum atomic E-state index is -0.541. The van der Waals surface area contributed by atoms with Gasteiger partial charge in [-0.2, -0.15) is 0 Å². The van der Waals surface area contributed by atoms with Gasteiger partial charge in [0.2, 0.25) is 0 Å². The normalized spacial score (nSPS) is 10.6. The minimum Gasteiger partial charge on any atom is -0.327 e. The summed E-state index contributed by atoms with van der Waals surface area (Å²) in [5.74, 6) is 6.66. The number of pyridine rings is 2. The first kappa shape index (κ1) is 22.7. The summed E-state index contributed by atoms with van der Waals surface area (Å²) >= 11 is 0. The van der Waals surface area contributed by atoms with Crippen molar-refractivity contribution in [3.63, 3.8) is 0 Å². The van der Waals surface area contributed by atoms with E-state index < -0.39 is 11.5 Å². The number of anilines is 1. The van der Waals surface area contributed by atoms with Gasteiger partial charge in [0.25, 0.3) is 11.5 Å². The Kier molecular flexibility index (Phi) is 6.42. The molecule has 0 aliphatic rings. The van der Waals surface area contributed by atoms with Crippen molar-refractivity contribution in [3.8, 4) is 23.4 Å². The highest BCUT2D eigenvalue weighted by Crippen LogP contribution is 2.21. The van der Waals surface area contributed by atoms with Gasteiger partial charge in [-0.1, -0.05) is 36.1 Å². The van der Waals surface area contributed by atoms with Gasteiger partial charge in [-0.15, -0.1) is 0 Å². The molecule has 170 valence electrons. The van der Waals surface area contributed by atoms with E-state index in [0.717, 1.165) is 5.56 Å². The smallest absolute Gasteiger partial charge is 0.263 e. The number of carbonyl (C=O) groups is 1. The zero-order chi connectivity index (χ0) is 24.2. The predicted octanol–water partition coefficient (Wildman–Crippen LogP) is 4.19. The molecule has 0 saturated carbocycles. The second-order valence-electron chi connectivity index (χ2n) is 8.15. The molecule has 1 amide bonds. The van der Waals surface area contributed by atoms with Crippen molar-refractivity contribution in [2.75, 3.05) is 5.32 Å². The molecule has 1 N–H and O–H groups in total. The van der Waals surface area contributed by atoms with Crippen molar-refractivity contribution in [1.29, 1.82) is 0 Å². The molecule has 0 unspecified atom stereocenters. The lowest BCUT2D eigenvalue weighted by atomic mass is 10.1. The fourth-order valence-corrected chi connectivity index (χ4v) is 3.52. The van der Waals surface area contributed by atoms with Gasteiger partial charge in [0.1, 0.15) is 17.1 Å². The summed E-state index contributed by atoms with van der Waals surface area (Å²) in [6, 6.07) is 16.6. The van der Waals surface area contributed by atoms with Crippen LogP contribution in [0.15, 0.2) is 71.8 Å². The second-order valence-corrected chi connectivity index (χ2v) is 8.15. The number of hydrogen-bond acceptors (Lipinski definition) is 4. The molecule has 4 aromatic rings. The Morgan fingerprint density at radius 1 is 1.06 bits per heavy atom. The van der Waals surface area contributed by atoms with Crippen LogP contribution in [0.4, 0.5) is 5.82 Å². The van der Waals surface area contributed by atoms with E-state index >= 15 is 0 Å². The van der Waals surface area contributed by atoms with Crippen molar-refractivity contribution in [2.24, 2.45) is 7.05 Å². The van der Waals surface area contributed by atoms with Crippen LogP contribution >= 0.6 is 0 Å². The first-order chi connectivity index (χ1) is 16.3. The molecule has 1 aromatic carbocycles. The molecular weight excluding hydrogens is 426 g/mol. The number of carbonyl (C=O) groups excluding carboxylic acids is 1. The largest absolute Gasteiger partial charge is 0.327 e. The summed E-state index contributed by atoms with van der Waals surface area (Å²) in [6.07, 6.45) is 3.61. The van der Waals surface area contributed by atoms with Crippen molar-refractivity contribution in [1.82, 2.24) is 19.1 Å². The van der Waals surface area contributed by atoms with Gasteiger partial charge in [-0.3, -0.25) is 9.59 Å². The van der Waals surface area contributed by atoms with E-state index in [1.165, 1.54) is 10.6 Å². The van der Waals surface area contributed by atoms with Gasteiger partial charge in [-0.05, 0) is 51.1 Å². The second kappa shape index (κ2) is 9.59. The monoisotopic (exact) mass is 451 g/mol. The Morgan fingerprint density at radius 3 is 2.56 bits per heavy atom. The molecular formula is C27H25N5O2. The third kappa shape index (κ3) is 4.66. The number of nitrogens with one attached hydrogen (secondary N) is 1. The molecule has 7 heteroatoms. The van der Waals surface area contributed by atoms with Gasteiger partial charge in [0.05, 0.1) is 0 Å². The number of benzene rings is 1. The van der Waals surface area contributed by atoms with E-state index in [1.807, 2.05) is 47.2 Å². The van der Waals surface area contributed by atoms with Crippen LogP contribution < -0.4 is 10.9 Å². The molecule has 3 heterocycles. The predicted molar refractivity (Wildman–Crippen MR) is 133 cm³/mol. The van der Waals surface area contributed by atoms with E-state index in [2.05, 4.69) is 41.0 Å². The standard InChI is InChI=1S/C27H25N5O2/c1-18(2)32-16-15-28-25(32)23-11-8-12-24(29-23)30-26(33)22-17-21(19(3)31(4)27(22)34)14-13-20-9-6-5-7-10-20/h5-12,15-18H,1-4H3,(H,29,30,33). The van der Waals surface area contributed by atoms with E-state index in [-0.39, 0.29) is 11.6 Å². The van der Waals surface area contributed by atoms with Crippen LogP contribution in [0.3, 0.4) is 0 Å². The zero-order valence-corrected chi connectivity index (χ0v) is 19.5. The summed E-state index contributed by atoms with van der Waals surface area (Å²) in [4.78, 5) is 34.8.